The molecule has 1 unspecified atom stereocenters. The van der Waals surface area contributed by atoms with Crippen LogP contribution >= 0.6 is 0 Å². The van der Waals surface area contributed by atoms with Gasteiger partial charge in [0.2, 0.25) is 5.91 Å². The Balaban J connectivity index is 1.77. The van der Waals surface area contributed by atoms with Crippen molar-refractivity contribution in [2.45, 2.75) is 38.1 Å². The summed E-state index contributed by atoms with van der Waals surface area (Å²) >= 11 is 0. The van der Waals surface area contributed by atoms with Crippen molar-refractivity contribution in [3.8, 4) is 0 Å². The average Bonchev–Trinajstić information content (AvgIpc) is 2.40. The molecule has 2 saturated heterocycles. The number of ether oxygens (including phenoxy) is 1. The standard InChI is InChI=1S/C13H24N2O2/c1-15(9-11-5-4-8-17-10-11)13(16)12-6-2-3-7-14-12/h11-12,14H,2-10H2,1H3/t11?,12-/m1/s1. The topological polar surface area (TPSA) is 41.6 Å². The minimum absolute atomic E-state index is 0.0539. The van der Waals surface area contributed by atoms with Crippen LogP contribution < -0.4 is 5.32 Å². The summed E-state index contributed by atoms with van der Waals surface area (Å²) < 4.78 is 5.45. The number of carbonyl (C=O) groups is 1. The molecule has 2 fully saturated rings. The third-order valence-corrected chi connectivity index (χ3v) is 3.77. The SMILES string of the molecule is CN(CC1CCCOC1)C(=O)[C@H]1CCCCN1. The summed E-state index contributed by atoms with van der Waals surface area (Å²) in [5, 5.41) is 3.31. The number of carbonyl (C=O) groups excluding carboxylic acids is 1. The molecule has 2 aliphatic rings. The lowest BCUT2D eigenvalue weighted by Crippen LogP contribution is -2.48. The Hall–Kier alpha value is -0.610. The molecule has 1 amide bonds. The number of hydrogen-bond acceptors (Lipinski definition) is 3. The van der Waals surface area contributed by atoms with E-state index in [-0.39, 0.29) is 11.9 Å². The predicted molar refractivity (Wildman–Crippen MR) is 66.8 cm³/mol. The Morgan fingerprint density at radius 3 is 2.88 bits per heavy atom. The van der Waals surface area contributed by atoms with Crippen molar-refractivity contribution in [1.82, 2.24) is 10.2 Å². The molecule has 2 heterocycles. The third-order valence-electron chi connectivity index (χ3n) is 3.77. The lowest BCUT2D eigenvalue weighted by atomic mass is 10.00. The maximum absolute atomic E-state index is 12.2. The normalized spacial score (nSPS) is 29.9. The molecule has 0 radical (unpaired) electrons. The van der Waals surface area contributed by atoms with Crippen LogP contribution in [0.2, 0.25) is 0 Å². The average molecular weight is 240 g/mol. The van der Waals surface area contributed by atoms with Gasteiger partial charge in [0, 0.05) is 20.2 Å². The Bertz CT molecular complexity index is 246. The molecule has 2 atom stereocenters. The highest BCUT2D eigenvalue weighted by molar-refractivity contribution is 5.81. The molecule has 98 valence electrons. The second-order valence-corrected chi connectivity index (χ2v) is 5.30. The zero-order valence-electron chi connectivity index (χ0n) is 10.8. The van der Waals surface area contributed by atoms with Gasteiger partial charge < -0.3 is 15.0 Å². The van der Waals surface area contributed by atoms with Gasteiger partial charge in [-0.3, -0.25) is 4.79 Å². The van der Waals surface area contributed by atoms with Gasteiger partial charge in [-0.15, -0.1) is 0 Å². The lowest BCUT2D eigenvalue weighted by Gasteiger charge is -2.31. The zero-order chi connectivity index (χ0) is 12.1. The van der Waals surface area contributed by atoms with Gasteiger partial charge in [0.15, 0.2) is 0 Å². The Morgan fingerprint density at radius 2 is 2.24 bits per heavy atom. The summed E-state index contributed by atoms with van der Waals surface area (Å²) in [6.45, 7) is 3.53. The highest BCUT2D eigenvalue weighted by Gasteiger charge is 2.25. The summed E-state index contributed by atoms with van der Waals surface area (Å²) in [5.41, 5.74) is 0. The van der Waals surface area contributed by atoms with Crippen molar-refractivity contribution in [1.29, 1.82) is 0 Å². The van der Waals surface area contributed by atoms with Crippen LogP contribution in [0.1, 0.15) is 32.1 Å². The van der Waals surface area contributed by atoms with Crippen LogP contribution in [-0.4, -0.2) is 50.2 Å². The van der Waals surface area contributed by atoms with Gasteiger partial charge in [-0.2, -0.15) is 0 Å². The van der Waals surface area contributed by atoms with Gasteiger partial charge in [-0.25, -0.2) is 0 Å². The van der Waals surface area contributed by atoms with Gasteiger partial charge in [0.05, 0.1) is 12.6 Å². The summed E-state index contributed by atoms with van der Waals surface area (Å²) in [4.78, 5) is 14.1. The van der Waals surface area contributed by atoms with E-state index in [1.807, 2.05) is 11.9 Å². The monoisotopic (exact) mass is 240 g/mol. The molecule has 2 rings (SSSR count). The van der Waals surface area contributed by atoms with Gasteiger partial charge in [-0.1, -0.05) is 6.42 Å². The molecule has 0 aliphatic carbocycles. The summed E-state index contributed by atoms with van der Waals surface area (Å²) in [6.07, 6.45) is 5.68. The number of likely N-dealkylation sites (N-methyl/N-ethyl adjacent to an activating group) is 1. The maximum Gasteiger partial charge on any atom is 0.239 e. The number of rotatable bonds is 3. The minimum atomic E-state index is 0.0539. The largest absolute Gasteiger partial charge is 0.381 e. The molecule has 4 nitrogen and oxygen atoms in total. The maximum atomic E-state index is 12.2. The highest BCUT2D eigenvalue weighted by Crippen LogP contribution is 2.16. The van der Waals surface area contributed by atoms with Crippen LogP contribution in [0.4, 0.5) is 0 Å². The first-order valence-electron chi connectivity index (χ1n) is 6.83. The van der Waals surface area contributed by atoms with Crippen molar-refractivity contribution < 1.29 is 9.53 Å². The molecule has 0 aromatic carbocycles. The fraction of sp³-hybridized carbons (Fsp3) is 0.923. The third kappa shape index (κ3) is 3.68. The highest BCUT2D eigenvalue weighted by atomic mass is 16.5. The van der Waals surface area contributed by atoms with Crippen LogP contribution in [0.3, 0.4) is 0 Å². The second kappa shape index (κ2) is 6.36. The molecule has 17 heavy (non-hydrogen) atoms. The minimum Gasteiger partial charge on any atom is -0.381 e. The van der Waals surface area contributed by atoms with E-state index >= 15 is 0 Å². The fourth-order valence-electron chi connectivity index (χ4n) is 2.76. The fourth-order valence-corrected chi connectivity index (χ4v) is 2.76. The quantitative estimate of drug-likeness (QED) is 0.800. The number of nitrogens with zero attached hydrogens (tertiary/aromatic N) is 1. The summed E-state index contributed by atoms with van der Waals surface area (Å²) in [7, 11) is 1.92. The van der Waals surface area contributed by atoms with Gasteiger partial charge in [0.1, 0.15) is 0 Å². The number of amides is 1. The van der Waals surface area contributed by atoms with E-state index in [0.29, 0.717) is 5.92 Å². The molecular formula is C13H24N2O2. The Kier molecular flexibility index (Phi) is 4.80. The summed E-state index contributed by atoms with van der Waals surface area (Å²) in [5.74, 6) is 0.788. The van der Waals surface area contributed by atoms with E-state index in [1.165, 1.54) is 19.3 Å². The van der Waals surface area contributed by atoms with E-state index in [1.54, 1.807) is 0 Å². The molecule has 0 saturated carbocycles. The van der Waals surface area contributed by atoms with Crippen molar-refractivity contribution in [2.75, 3.05) is 33.4 Å². The lowest BCUT2D eigenvalue weighted by molar-refractivity contribution is -0.133. The molecule has 0 spiro atoms. The van der Waals surface area contributed by atoms with E-state index in [2.05, 4.69) is 5.32 Å². The van der Waals surface area contributed by atoms with Crippen molar-refractivity contribution in [2.24, 2.45) is 5.92 Å². The molecule has 0 aromatic rings. The molecular weight excluding hydrogens is 216 g/mol. The predicted octanol–water partition coefficient (Wildman–Crippen LogP) is 1.01. The molecule has 0 bridgehead atoms. The van der Waals surface area contributed by atoms with Crippen molar-refractivity contribution in [3.63, 3.8) is 0 Å². The molecule has 0 aromatic heterocycles. The zero-order valence-corrected chi connectivity index (χ0v) is 10.8. The van der Waals surface area contributed by atoms with Crippen LogP contribution in [0.15, 0.2) is 0 Å². The molecule has 1 N–H and O–H groups in total. The Morgan fingerprint density at radius 1 is 1.35 bits per heavy atom. The van der Waals surface area contributed by atoms with E-state index in [0.717, 1.165) is 39.1 Å². The molecule has 2 aliphatic heterocycles. The van der Waals surface area contributed by atoms with E-state index in [9.17, 15) is 4.79 Å². The number of piperidine rings is 1. The smallest absolute Gasteiger partial charge is 0.239 e. The molecule has 4 heteroatoms. The van der Waals surface area contributed by atoms with Crippen LogP contribution in [0, 0.1) is 5.92 Å². The van der Waals surface area contributed by atoms with Crippen LogP contribution in [0.5, 0.6) is 0 Å². The van der Waals surface area contributed by atoms with E-state index < -0.39 is 0 Å². The first kappa shape index (κ1) is 12.8. The first-order chi connectivity index (χ1) is 8.27. The van der Waals surface area contributed by atoms with Crippen LogP contribution in [-0.2, 0) is 9.53 Å². The van der Waals surface area contributed by atoms with E-state index in [4.69, 9.17) is 4.74 Å². The summed E-state index contributed by atoms with van der Waals surface area (Å²) in [6, 6.07) is 0.0539. The van der Waals surface area contributed by atoms with Gasteiger partial charge >= 0.3 is 0 Å². The van der Waals surface area contributed by atoms with Gasteiger partial charge in [0.25, 0.3) is 0 Å². The number of nitrogens with one attached hydrogen (secondary N) is 1. The number of hydrogen-bond donors (Lipinski definition) is 1. The van der Waals surface area contributed by atoms with Crippen molar-refractivity contribution >= 4 is 5.91 Å². The first-order valence-corrected chi connectivity index (χ1v) is 6.83. The van der Waals surface area contributed by atoms with Crippen molar-refractivity contribution in [3.05, 3.63) is 0 Å². The van der Waals surface area contributed by atoms with Gasteiger partial charge in [-0.05, 0) is 38.1 Å². The second-order valence-electron chi connectivity index (χ2n) is 5.30. The van der Waals surface area contributed by atoms with Crippen LogP contribution in [0.25, 0.3) is 0 Å². The Labute approximate surface area is 104 Å².